The average molecular weight is 212 g/mol. The van der Waals surface area contributed by atoms with Crippen LogP contribution in [0.2, 0.25) is 0 Å². The van der Waals surface area contributed by atoms with Crippen molar-refractivity contribution < 1.29 is 4.79 Å². The molecule has 0 aliphatic heterocycles. The van der Waals surface area contributed by atoms with Gasteiger partial charge in [-0.25, -0.2) is 0 Å². The zero-order valence-electron chi connectivity index (χ0n) is 8.65. The highest BCUT2D eigenvalue weighted by molar-refractivity contribution is 6.29. The van der Waals surface area contributed by atoms with Gasteiger partial charge in [0.25, 0.3) is 0 Å². The minimum atomic E-state index is -0.169. The SMILES string of the molecule is Cc1cc(C)c(NC(=O)CCl)cc1C. The standard InChI is InChI=1S/C11H14ClNO/c1-7-4-9(3)10(5-8(7)2)13-11(14)6-12/h4-5H,6H2,1-3H3,(H,13,14). The minimum absolute atomic E-state index is 0.00758. The summed E-state index contributed by atoms with van der Waals surface area (Å²) >= 11 is 5.41. The van der Waals surface area contributed by atoms with Crippen LogP contribution in [-0.4, -0.2) is 11.8 Å². The molecule has 1 aromatic carbocycles. The van der Waals surface area contributed by atoms with E-state index in [4.69, 9.17) is 11.6 Å². The van der Waals surface area contributed by atoms with Gasteiger partial charge >= 0.3 is 0 Å². The summed E-state index contributed by atoms with van der Waals surface area (Å²) in [6.07, 6.45) is 0. The van der Waals surface area contributed by atoms with Crippen LogP contribution < -0.4 is 5.32 Å². The molecule has 3 heteroatoms. The molecule has 0 fully saturated rings. The fourth-order valence-corrected chi connectivity index (χ4v) is 1.35. The van der Waals surface area contributed by atoms with Crippen LogP contribution in [0.25, 0.3) is 0 Å². The van der Waals surface area contributed by atoms with Gasteiger partial charge in [0.1, 0.15) is 5.88 Å². The molecule has 1 aromatic rings. The molecule has 0 unspecified atom stereocenters. The number of rotatable bonds is 2. The zero-order valence-corrected chi connectivity index (χ0v) is 9.40. The molecule has 0 bridgehead atoms. The maximum Gasteiger partial charge on any atom is 0.239 e. The van der Waals surface area contributed by atoms with Crippen molar-refractivity contribution in [3.8, 4) is 0 Å². The van der Waals surface area contributed by atoms with Crippen LogP contribution in [0.1, 0.15) is 16.7 Å². The van der Waals surface area contributed by atoms with Gasteiger partial charge in [0.05, 0.1) is 0 Å². The van der Waals surface area contributed by atoms with Crippen LogP contribution in [0, 0.1) is 20.8 Å². The number of hydrogen-bond acceptors (Lipinski definition) is 1. The molecule has 2 nitrogen and oxygen atoms in total. The number of hydrogen-bond donors (Lipinski definition) is 1. The molecule has 0 radical (unpaired) electrons. The Hall–Kier alpha value is -1.02. The molecule has 0 heterocycles. The van der Waals surface area contributed by atoms with E-state index in [1.165, 1.54) is 11.1 Å². The van der Waals surface area contributed by atoms with Crippen molar-refractivity contribution >= 4 is 23.2 Å². The summed E-state index contributed by atoms with van der Waals surface area (Å²) in [5, 5.41) is 2.76. The Labute approximate surface area is 89.3 Å². The molecule has 0 spiro atoms. The number of carbonyl (C=O) groups is 1. The highest BCUT2D eigenvalue weighted by atomic mass is 35.5. The summed E-state index contributed by atoms with van der Waals surface area (Å²) < 4.78 is 0. The van der Waals surface area contributed by atoms with Crippen molar-refractivity contribution in [2.45, 2.75) is 20.8 Å². The predicted molar refractivity (Wildman–Crippen MR) is 60.0 cm³/mol. The lowest BCUT2D eigenvalue weighted by Gasteiger charge is -2.10. The summed E-state index contributed by atoms with van der Waals surface area (Å²) in [7, 11) is 0. The van der Waals surface area contributed by atoms with Crippen LogP contribution in [0.3, 0.4) is 0 Å². The Morgan fingerprint density at radius 2 is 1.79 bits per heavy atom. The second-order valence-corrected chi connectivity index (χ2v) is 3.70. The van der Waals surface area contributed by atoms with Gasteiger partial charge in [0, 0.05) is 5.69 Å². The van der Waals surface area contributed by atoms with Crippen molar-refractivity contribution in [2.24, 2.45) is 0 Å². The van der Waals surface area contributed by atoms with E-state index in [1.54, 1.807) is 0 Å². The first-order valence-electron chi connectivity index (χ1n) is 4.48. The fourth-order valence-electron chi connectivity index (χ4n) is 1.28. The molecule has 1 amide bonds. The summed E-state index contributed by atoms with van der Waals surface area (Å²) in [4.78, 5) is 11.1. The monoisotopic (exact) mass is 211 g/mol. The predicted octanol–water partition coefficient (Wildman–Crippen LogP) is 2.79. The van der Waals surface area contributed by atoms with Gasteiger partial charge in [-0.1, -0.05) is 6.07 Å². The normalized spacial score (nSPS) is 10.0. The number of nitrogens with one attached hydrogen (secondary N) is 1. The third kappa shape index (κ3) is 2.48. The third-order valence-electron chi connectivity index (χ3n) is 2.24. The number of amides is 1. The first-order valence-corrected chi connectivity index (χ1v) is 5.01. The molecule has 1 N–H and O–H groups in total. The van der Waals surface area contributed by atoms with Gasteiger partial charge in [-0.15, -0.1) is 11.6 Å². The lowest BCUT2D eigenvalue weighted by Crippen LogP contribution is -2.13. The number of carbonyl (C=O) groups excluding carboxylic acids is 1. The second-order valence-electron chi connectivity index (χ2n) is 3.43. The molecule has 76 valence electrons. The van der Waals surface area contributed by atoms with E-state index < -0.39 is 0 Å². The van der Waals surface area contributed by atoms with E-state index in [1.807, 2.05) is 19.9 Å². The molecule has 0 atom stereocenters. The van der Waals surface area contributed by atoms with Crippen LogP contribution in [0.5, 0.6) is 0 Å². The molecule has 14 heavy (non-hydrogen) atoms. The van der Waals surface area contributed by atoms with Crippen molar-refractivity contribution in [3.63, 3.8) is 0 Å². The molecule has 0 aliphatic rings. The average Bonchev–Trinajstić information content (AvgIpc) is 2.14. The number of aryl methyl sites for hydroxylation is 3. The Morgan fingerprint density at radius 1 is 1.21 bits per heavy atom. The molecular formula is C11H14ClNO. The first kappa shape index (κ1) is 11.1. The Morgan fingerprint density at radius 3 is 2.36 bits per heavy atom. The number of anilines is 1. The van der Waals surface area contributed by atoms with E-state index in [9.17, 15) is 4.79 Å². The second kappa shape index (κ2) is 4.47. The maximum atomic E-state index is 11.1. The summed E-state index contributed by atoms with van der Waals surface area (Å²) in [5.74, 6) is -0.176. The fraction of sp³-hybridized carbons (Fsp3) is 0.364. The van der Waals surface area contributed by atoms with Crippen molar-refractivity contribution in [2.75, 3.05) is 11.2 Å². The van der Waals surface area contributed by atoms with Gasteiger partial charge in [0.15, 0.2) is 0 Å². The lowest BCUT2D eigenvalue weighted by molar-refractivity contribution is -0.113. The largest absolute Gasteiger partial charge is 0.325 e. The maximum absolute atomic E-state index is 11.1. The minimum Gasteiger partial charge on any atom is -0.325 e. The highest BCUT2D eigenvalue weighted by Gasteiger charge is 2.04. The molecule has 1 rings (SSSR count). The van der Waals surface area contributed by atoms with Crippen LogP contribution in [0.4, 0.5) is 5.69 Å². The van der Waals surface area contributed by atoms with Gasteiger partial charge in [0.2, 0.25) is 5.91 Å². The van der Waals surface area contributed by atoms with Crippen molar-refractivity contribution in [1.82, 2.24) is 0 Å². The molecule has 0 aliphatic carbocycles. The number of benzene rings is 1. The van der Waals surface area contributed by atoms with Gasteiger partial charge in [-0.3, -0.25) is 4.79 Å². The molecule has 0 saturated carbocycles. The summed E-state index contributed by atoms with van der Waals surface area (Å²) in [6, 6.07) is 4.02. The third-order valence-corrected chi connectivity index (χ3v) is 2.48. The van der Waals surface area contributed by atoms with Crippen molar-refractivity contribution in [3.05, 3.63) is 28.8 Å². The Kier molecular flexibility index (Phi) is 3.53. The highest BCUT2D eigenvalue weighted by Crippen LogP contribution is 2.19. The number of halogens is 1. The van der Waals surface area contributed by atoms with E-state index in [0.29, 0.717) is 0 Å². The first-order chi connectivity index (χ1) is 6.54. The topological polar surface area (TPSA) is 29.1 Å². The van der Waals surface area contributed by atoms with Crippen LogP contribution in [-0.2, 0) is 4.79 Å². The van der Waals surface area contributed by atoms with E-state index in [2.05, 4.69) is 18.3 Å². The van der Waals surface area contributed by atoms with Gasteiger partial charge in [-0.05, 0) is 43.5 Å². The van der Waals surface area contributed by atoms with E-state index in [-0.39, 0.29) is 11.8 Å². The molecule has 0 saturated heterocycles. The van der Waals surface area contributed by atoms with E-state index >= 15 is 0 Å². The Bertz CT molecular complexity index is 361. The van der Waals surface area contributed by atoms with Crippen LogP contribution in [0.15, 0.2) is 12.1 Å². The van der Waals surface area contributed by atoms with Gasteiger partial charge < -0.3 is 5.32 Å². The Balaban J connectivity index is 2.98. The zero-order chi connectivity index (χ0) is 10.7. The number of alkyl halides is 1. The quantitative estimate of drug-likeness (QED) is 0.749. The molecule has 0 aromatic heterocycles. The van der Waals surface area contributed by atoms with E-state index in [0.717, 1.165) is 11.3 Å². The smallest absolute Gasteiger partial charge is 0.239 e. The van der Waals surface area contributed by atoms with Crippen molar-refractivity contribution in [1.29, 1.82) is 0 Å². The molecular weight excluding hydrogens is 198 g/mol. The summed E-state index contributed by atoms with van der Waals surface area (Å²) in [5.41, 5.74) is 4.30. The van der Waals surface area contributed by atoms with Gasteiger partial charge in [-0.2, -0.15) is 0 Å². The van der Waals surface area contributed by atoms with Crippen LogP contribution >= 0.6 is 11.6 Å². The lowest BCUT2D eigenvalue weighted by atomic mass is 10.1. The summed E-state index contributed by atoms with van der Waals surface area (Å²) in [6.45, 7) is 6.04.